The number of hydrogen-bond donors (Lipinski definition) is 2. The average molecular weight is 292 g/mol. The highest BCUT2D eigenvalue weighted by Crippen LogP contribution is 2.39. The van der Waals surface area contributed by atoms with Crippen molar-refractivity contribution in [1.29, 1.82) is 0 Å². The normalized spacial score (nSPS) is 13.9. The fourth-order valence-corrected chi connectivity index (χ4v) is 2.15. The summed E-state index contributed by atoms with van der Waals surface area (Å²) in [5, 5.41) is 6.43. The van der Waals surface area contributed by atoms with Crippen molar-refractivity contribution in [2.45, 2.75) is 45.4 Å². The first-order valence-corrected chi connectivity index (χ1v) is 7.61. The number of nitrogens with one attached hydrogen (secondary N) is 2. The molecule has 0 radical (unpaired) electrons. The summed E-state index contributed by atoms with van der Waals surface area (Å²) in [6.45, 7) is 4.95. The zero-order chi connectivity index (χ0) is 15.2. The number of ether oxygens (including phenoxy) is 1. The van der Waals surface area contributed by atoms with Crippen LogP contribution in [0.4, 0.5) is 11.6 Å². The first kappa shape index (κ1) is 15.5. The highest BCUT2D eigenvalue weighted by molar-refractivity contribution is 5.69. The van der Waals surface area contributed by atoms with Crippen LogP contribution in [0, 0.1) is 6.92 Å². The molecule has 0 amide bonds. The Hall–Kier alpha value is -1.85. The van der Waals surface area contributed by atoms with Crippen molar-refractivity contribution in [3.05, 3.63) is 11.4 Å². The van der Waals surface area contributed by atoms with Crippen molar-refractivity contribution in [3.63, 3.8) is 0 Å². The molecule has 6 heteroatoms. The molecule has 1 fully saturated rings. The summed E-state index contributed by atoms with van der Waals surface area (Å²) in [5.74, 6) is 3.02. The summed E-state index contributed by atoms with van der Waals surface area (Å²) < 4.78 is 4.91. The fourth-order valence-electron chi connectivity index (χ4n) is 2.15. The van der Waals surface area contributed by atoms with E-state index in [9.17, 15) is 4.79 Å². The molecule has 1 aliphatic carbocycles. The Morgan fingerprint density at radius 2 is 2.05 bits per heavy atom. The van der Waals surface area contributed by atoms with Crippen LogP contribution in [-0.4, -0.2) is 36.1 Å². The van der Waals surface area contributed by atoms with E-state index in [0.717, 1.165) is 29.4 Å². The molecule has 2 rings (SSSR count). The summed E-state index contributed by atoms with van der Waals surface area (Å²) >= 11 is 0. The maximum atomic E-state index is 11.3. The molecule has 1 saturated carbocycles. The lowest BCUT2D eigenvalue weighted by molar-refractivity contribution is -0.143. The number of carbonyl (C=O) groups excluding carboxylic acids is 1. The average Bonchev–Trinajstić information content (AvgIpc) is 3.30. The number of anilines is 2. The van der Waals surface area contributed by atoms with Gasteiger partial charge in [-0.05, 0) is 33.1 Å². The second-order valence-electron chi connectivity index (χ2n) is 5.26. The van der Waals surface area contributed by atoms with Crippen LogP contribution in [0.2, 0.25) is 0 Å². The Balaban J connectivity index is 1.92. The van der Waals surface area contributed by atoms with Gasteiger partial charge in [0.1, 0.15) is 17.5 Å². The van der Waals surface area contributed by atoms with Gasteiger partial charge in [0.15, 0.2) is 0 Å². The molecule has 0 aromatic carbocycles. The van der Waals surface area contributed by atoms with Crippen molar-refractivity contribution >= 4 is 17.6 Å². The second kappa shape index (κ2) is 7.24. The summed E-state index contributed by atoms with van der Waals surface area (Å²) in [6.07, 6.45) is 3.51. The standard InChI is InChI=1S/C15H24N4O2/c1-4-21-12(20)6-5-9-17-14-10(2)13(16-3)18-15(19-14)11-7-8-11/h11H,4-9H2,1-3H3,(H2,16,17,18,19). The van der Waals surface area contributed by atoms with Gasteiger partial charge in [0, 0.05) is 31.5 Å². The lowest BCUT2D eigenvalue weighted by atomic mass is 10.2. The van der Waals surface area contributed by atoms with Crippen molar-refractivity contribution in [2.24, 2.45) is 0 Å². The molecular formula is C15H24N4O2. The molecule has 0 atom stereocenters. The SMILES string of the molecule is CCOC(=O)CCCNc1nc(C2CC2)nc(NC)c1C. The lowest BCUT2D eigenvalue weighted by Crippen LogP contribution is -2.12. The predicted molar refractivity (Wildman–Crippen MR) is 82.6 cm³/mol. The van der Waals surface area contributed by atoms with E-state index in [1.54, 1.807) is 0 Å². The zero-order valence-corrected chi connectivity index (χ0v) is 13.0. The molecule has 1 heterocycles. The van der Waals surface area contributed by atoms with Crippen LogP contribution < -0.4 is 10.6 Å². The van der Waals surface area contributed by atoms with Gasteiger partial charge in [0.05, 0.1) is 6.61 Å². The molecule has 1 aromatic heterocycles. The minimum absolute atomic E-state index is 0.145. The van der Waals surface area contributed by atoms with Crippen LogP contribution in [-0.2, 0) is 9.53 Å². The van der Waals surface area contributed by atoms with Gasteiger partial charge < -0.3 is 15.4 Å². The third-order valence-corrected chi connectivity index (χ3v) is 3.50. The van der Waals surface area contributed by atoms with Crippen molar-refractivity contribution in [3.8, 4) is 0 Å². The number of rotatable bonds is 8. The van der Waals surface area contributed by atoms with Gasteiger partial charge in [-0.2, -0.15) is 0 Å². The van der Waals surface area contributed by atoms with E-state index in [0.29, 0.717) is 25.5 Å². The number of carbonyl (C=O) groups is 1. The molecule has 21 heavy (non-hydrogen) atoms. The Kier molecular flexibility index (Phi) is 5.36. The summed E-state index contributed by atoms with van der Waals surface area (Å²) in [5.41, 5.74) is 1.01. The Bertz CT molecular complexity index is 501. The quantitative estimate of drug-likeness (QED) is 0.566. The minimum Gasteiger partial charge on any atom is -0.466 e. The molecule has 1 aliphatic rings. The predicted octanol–water partition coefficient (Wildman–Crippen LogP) is 2.46. The van der Waals surface area contributed by atoms with E-state index in [1.165, 1.54) is 12.8 Å². The number of aromatic nitrogens is 2. The molecule has 6 nitrogen and oxygen atoms in total. The Morgan fingerprint density at radius 1 is 1.33 bits per heavy atom. The lowest BCUT2D eigenvalue weighted by Gasteiger charge is -2.13. The van der Waals surface area contributed by atoms with Gasteiger partial charge in [-0.1, -0.05) is 0 Å². The van der Waals surface area contributed by atoms with Gasteiger partial charge in [0.25, 0.3) is 0 Å². The highest BCUT2D eigenvalue weighted by Gasteiger charge is 2.28. The van der Waals surface area contributed by atoms with E-state index >= 15 is 0 Å². The summed E-state index contributed by atoms with van der Waals surface area (Å²) in [6, 6.07) is 0. The Morgan fingerprint density at radius 3 is 2.67 bits per heavy atom. The summed E-state index contributed by atoms with van der Waals surface area (Å²) in [7, 11) is 1.87. The van der Waals surface area contributed by atoms with Crippen molar-refractivity contribution in [2.75, 3.05) is 30.8 Å². The van der Waals surface area contributed by atoms with Crippen LogP contribution in [0.15, 0.2) is 0 Å². The second-order valence-corrected chi connectivity index (χ2v) is 5.26. The monoisotopic (exact) mass is 292 g/mol. The van der Waals surface area contributed by atoms with Crippen LogP contribution in [0.3, 0.4) is 0 Å². The topological polar surface area (TPSA) is 76.1 Å². The molecule has 1 aromatic rings. The van der Waals surface area contributed by atoms with E-state index < -0.39 is 0 Å². The molecule has 0 bridgehead atoms. The molecule has 0 spiro atoms. The first-order valence-electron chi connectivity index (χ1n) is 7.61. The van der Waals surface area contributed by atoms with Gasteiger partial charge in [-0.25, -0.2) is 9.97 Å². The van der Waals surface area contributed by atoms with E-state index in [2.05, 4.69) is 20.6 Å². The fraction of sp³-hybridized carbons (Fsp3) is 0.667. The number of esters is 1. The van der Waals surface area contributed by atoms with Gasteiger partial charge in [-0.3, -0.25) is 4.79 Å². The minimum atomic E-state index is -0.145. The molecule has 0 aliphatic heterocycles. The van der Waals surface area contributed by atoms with E-state index in [1.807, 2.05) is 20.9 Å². The van der Waals surface area contributed by atoms with Gasteiger partial charge in [0.2, 0.25) is 0 Å². The molecule has 2 N–H and O–H groups in total. The van der Waals surface area contributed by atoms with Crippen molar-refractivity contribution < 1.29 is 9.53 Å². The van der Waals surface area contributed by atoms with Gasteiger partial charge in [-0.15, -0.1) is 0 Å². The third kappa shape index (κ3) is 4.31. The maximum Gasteiger partial charge on any atom is 0.305 e. The maximum absolute atomic E-state index is 11.3. The third-order valence-electron chi connectivity index (χ3n) is 3.50. The summed E-state index contributed by atoms with van der Waals surface area (Å²) in [4.78, 5) is 20.5. The largest absolute Gasteiger partial charge is 0.466 e. The number of nitrogens with zero attached hydrogens (tertiary/aromatic N) is 2. The Labute approximate surface area is 125 Å². The molecule has 0 saturated heterocycles. The molecule has 0 unspecified atom stereocenters. The van der Waals surface area contributed by atoms with Crippen LogP contribution in [0.25, 0.3) is 0 Å². The smallest absolute Gasteiger partial charge is 0.305 e. The van der Waals surface area contributed by atoms with Crippen LogP contribution in [0.1, 0.15) is 49.9 Å². The number of hydrogen-bond acceptors (Lipinski definition) is 6. The van der Waals surface area contributed by atoms with Crippen LogP contribution >= 0.6 is 0 Å². The van der Waals surface area contributed by atoms with Crippen molar-refractivity contribution in [1.82, 2.24) is 9.97 Å². The van der Waals surface area contributed by atoms with Gasteiger partial charge >= 0.3 is 5.97 Å². The zero-order valence-electron chi connectivity index (χ0n) is 13.0. The van der Waals surface area contributed by atoms with Crippen LogP contribution in [0.5, 0.6) is 0 Å². The molecule has 116 valence electrons. The highest BCUT2D eigenvalue weighted by atomic mass is 16.5. The first-order chi connectivity index (χ1) is 10.2. The van der Waals surface area contributed by atoms with E-state index in [4.69, 9.17) is 4.74 Å². The van der Waals surface area contributed by atoms with E-state index in [-0.39, 0.29) is 5.97 Å². The molecular weight excluding hydrogens is 268 g/mol.